The van der Waals surface area contributed by atoms with Gasteiger partial charge in [0.15, 0.2) is 0 Å². The number of carbonyl (C=O) groups excluding carboxylic acids is 2. The zero-order valence-electron chi connectivity index (χ0n) is 26.7. The SMILES string of the molecule is CCCCCCCC/C=C\CCCCCCCC(=O)OC(=O)CCCCCCC/C=C\CC(O)CCCCCC. The van der Waals surface area contributed by atoms with Crippen molar-refractivity contribution in [1.29, 1.82) is 0 Å². The Labute approximate surface area is 248 Å². The molecule has 1 unspecified atom stereocenters. The summed E-state index contributed by atoms with van der Waals surface area (Å²) in [7, 11) is 0. The van der Waals surface area contributed by atoms with Crippen LogP contribution in [0.2, 0.25) is 0 Å². The van der Waals surface area contributed by atoms with Crippen LogP contribution in [0.3, 0.4) is 0 Å². The van der Waals surface area contributed by atoms with Gasteiger partial charge in [0.1, 0.15) is 0 Å². The van der Waals surface area contributed by atoms with Gasteiger partial charge in [-0.2, -0.15) is 0 Å². The minimum absolute atomic E-state index is 0.193. The molecule has 0 saturated heterocycles. The Bertz CT molecular complexity index is 610. The summed E-state index contributed by atoms with van der Waals surface area (Å²) in [5.74, 6) is -0.727. The predicted molar refractivity (Wildman–Crippen MR) is 171 cm³/mol. The molecule has 0 rings (SSSR count). The van der Waals surface area contributed by atoms with Crippen LogP contribution in [0.5, 0.6) is 0 Å². The lowest BCUT2D eigenvalue weighted by Crippen LogP contribution is -2.11. The average molecular weight is 563 g/mol. The van der Waals surface area contributed by atoms with Crippen molar-refractivity contribution in [2.24, 2.45) is 0 Å². The van der Waals surface area contributed by atoms with E-state index in [2.05, 4.69) is 38.2 Å². The van der Waals surface area contributed by atoms with E-state index in [1.165, 1.54) is 77.0 Å². The lowest BCUT2D eigenvalue weighted by Gasteiger charge is -2.07. The van der Waals surface area contributed by atoms with Gasteiger partial charge in [-0.3, -0.25) is 9.59 Å². The van der Waals surface area contributed by atoms with Crippen LogP contribution in [0.4, 0.5) is 0 Å². The molecule has 1 atom stereocenters. The molecule has 0 aliphatic rings. The van der Waals surface area contributed by atoms with Gasteiger partial charge in [-0.25, -0.2) is 0 Å². The number of esters is 2. The zero-order chi connectivity index (χ0) is 29.4. The van der Waals surface area contributed by atoms with Crippen LogP contribution in [0, 0.1) is 0 Å². The number of allylic oxidation sites excluding steroid dienone is 3. The molecule has 4 nitrogen and oxygen atoms in total. The molecule has 0 fully saturated rings. The van der Waals surface area contributed by atoms with Gasteiger partial charge in [0.05, 0.1) is 6.10 Å². The molecule has 0 aromatic rings. The van der Waals surface area contributed by atoms with E-state index in [4.69, 9.17) is 4.74 Å². The summed E-state index contributed by atoms with van der Waals surface area (Å²) in [4.78, 5) is 23.8. The lowest BCUT2D eigenvalue weighted by atomic mass is 10.1. The zero-order valence-corrected chi connectivity index (χ0v) is 26.7. The van der Waals surface area contributed by atoms with Crippen LogP contribution < -0.4 is 0 Å². The third-order valence-electron chi connectivity index (χ3n) is 7.59. The van der Waals surface area contributed by atoms with E-state index >= 15 is 0 Å². The average Bonchev–Trinajstić information content (AvgIpc) is 2.94. The Kier molecular flexibility index (Phi) is 31.0. The quantitative estimate of drug-likeness (QED) is 0.0409. The topological polar surface area (TPSA) is 63.6 Å². The van der Waals surface area contributed by atoms with Crippen molar-refractivity contribution < 1.29 is 19.4 Å². The van der Waals surface area contributed by atoms with Crippen molar-refractivity contribution in [3.05, 3.63) is 24.3 Å². The van der Waals surface area contributed by atoms with E-state index < -0.39 is 0 Å². The number of rotatable bonds is 30. The van der Waals surface area contributed by atoms with Gasteiger partial charge in [-0.15, -0.1) is 0 Å². The van der Waals surface area contributed by atoms with E-state index in [0.717, 1.165) is 83.5 Å². The van der Waals surface area contributed by atoms with E-state index in [1.54, 1.807) is 0 Å². The summed E-state index contributed by atoms with van der Waals surface area (Å²) in [5, 5.41) is 9.97. The summed E-state index contributed by atoms with van der Waals surface area (Å²) < 4.78 is 4.98. The van der Waals surface area contributed by atoms with Gasteiger partial charge >= 0.3 is 11.9 Å². The number of hydrogen-bond donors (Lipinski definition) is 1. The molecule has 0 radical (unpaired) electrons. The Morgan fingerprint density at radius 3 is 1.38 bits per heavy atom. The highest BCUT2D eigenvalue weighted by molar-refractivity contribution is 5.85. The molecule has 0 aliphatic carbocycles. The normalized spacial score (nSPS) is 12.5. The van der Waals surface area contributed by atoms with Crippen LogP contribution in [-0.4, -0.2) is 23.1 Å². The van der Waals surface area contributed by atoms with Crippen molar-refractivity contribution in [2.45, 2.75) is 193 Å². The Morgan fingerprint density at radius 2 is 0.900 bits per heavy atom. The molecule has 0 bridgehead atoms. The Hall–Kier alpha value is -1.42. The monoisotopic (exact) mass is 562 g/mol. The molecule has 0 saturated carbocycles. The molecular formula is C36H66O4. The molecule has 1 N–H and O–H groups in total. The highest BCUT2D eigenvalue weighted by atomic mass is 16.6. The van der Waals surface area contributed by atoms with Crippen molar-refractivity contribution in [2.75, 3.05) is 0 Å². The van der Waals surface area contributed by atoms with Gasteiger partial charge in [-0.1, -0.05) is 134 Å². The van der Waals surface area contributed by atoms with Crippen LogP contribution in [-0.2, 0) is 14.3 Å². The molecular weight excluding hydrogens is 496 g/mol. The summed E-state index contributed by atoms with van der Waals surface area (Å²) in [6.07, 6.45) is 38.2. The molecule has 40 heavy (non-hydrogen) atoms. The molecule has 0 amide bonds. The third-order valence-corrected chi connectivity index (χ3v) is 7.59. The standard InChI is InChI=1S/C36H66O4/c1-3-5-7-9-10-11-12-13-14-15-16-17-21-24-28-32-35(38)40-36(39)33-29-25-22-19-18-20-23-27-31-34(37)30-26-8-6-4-2/h13-14,23,27,34,37H,3-12,15-22,24-26,28-33H2,1-2H3/b14-13-,27-23-. The van der Waals surface area contributed by atoms with Gasteiger partial charge in [0, 0.05) is 12.8 Å². The van der Waals surface area contributed by atoms with E-state index in [1.807, 2.05) is 0 Å². The molecule has 0 aromatic carbocycles. The molecule has 0 aromatic heterocycles. The maximum Gasteiger partial charge on any atom is 0.313 e. The number of carbonyl (C=O) groups is 2. The van der Waals surface area contributed by atoms with Gasteiger partial charge in [0.2, 0.25) is 0 Å². The summed E-state index contributed by atoms with van der Waals surface area (Å²) >= 11 is 0. The molecule has 0 heterocycles. The second-order valence-electron chi connectivity index (χ2n) is 11.7. The maximum atomic E-state index is 11.9. The van der Waals surface area contributed by atoms with Crippen LogP contribution >= 0.6 is 0 Å². The summed E-state index contributed by atoms with van der Waals surface area (Å²) in [6, 6.07) is 0. The van der Waals surface area contributed by atoms with Crippen LogP contribution in [0.1, 0.15) is 187 Å². The van der Waals surface area contributed by atoms with Crippen molar-refractivity contribution in [3.63, 3.8) is 0 Å². The van der Waals surface area contributed by atoms with E-state index in [0.29, 0.717) is 12.8 Å². The largest absolute Gasteiger partial charge is 0.393 e. The number of aliphatic hydroxyl groups is 1. The second-order valence-corrected chi connectivity index (χ2v) is 11.7. The number of hydrogen-bond acceptors (Lipinski definition) is 4. The fourth-order valence-electron chi connectivity index (χ4n) is 4.93. The molecule has 234 valence electrons. The first-order chi connectivity index (χ1) is 19.6. The van der Waals surface area contributed by atoms with Gasteiger partial charge in [0.25, 0.3) is 0 Å². The first-order valence-corrected chi connectivity index (χ1v) is 17.3. The second kappa shape index (κ2) is 32.1. The van der Waals surface area contributed by atoms with E-state index in [-0.39, 0.29) is 18.0 Å². The Morgan fingerprint density at radius 1 is 0.525 bits per heavy atom. The number of aliphatic hydroxyl groups excluding tert-OH is 1. The van der Waals surface area contributed by atoms with Crippen LogP contribution in [0.25, 0.3) is 0 Å². The molecule has 0 spiro atoms. The predicted octanol–water partition coefficient (Wildman–Crippen LogP) is 11.1. The first kappa shape index (κ1) is 38.6. The highest BCUT2D eigenvalue weighted by Crippen LogP contribution is 2.13. The Balaban J connectivity index is 3.43. The van der Waals surface area contributed by atoms with Crippen molar-refractivity contribution in [1.82, 2.24) is 0 Å². The van der Waals surface area contributed by atoms with Crippen molar-refractivity contribution >= 4 is 11.9 Å². The number of unbranched alkanes of at least 4 members (excludes halogenated alkanes) is 19. The minimum Gasteiger partial charge on any atom is -0.393 e. The summed E-state index contributed by atoms with van der Waals surface area (Å²) in [6.45, 7) is 4.47. The van der Waals surface area contributed by atoms with Crippen LogP contribution in [0.15, 0.2) is 24.3 Å². The molecule has 4 heteroatoms. The third kappa shape index (κ3) is 31.1. The number of ether oxygens (including phenoxy) is 1. The lowest BCUT2D eigenvalue weighted by molar-refractivity contribution is -0.159. The fraction of sp³-hybridized carbons (Fsp3) is 0.833. The highest BCUT2D eigenvalue weighted by Gasteiger charge is 2.09. The first-order valence-electron chi connectivity index (χ1n) is 17.3. The van der Waals surface area contributed by atoms with Gasteiger partial charge < -0.3 is 9.84 Å². The summed E-state index contributed by atoms with van der Waals surface area (Å²) in [5.41, 5.74) is 0. The fourth-order valence-corrected chi connectivity index (χ4v) is 4.93. The minimum atomic E-state index is -0.367. The smallest absolute Gasteiger partial charge is 0.313 e. The van der Waals surface area contributed by atoms with Crippen molar-refractivity contribution in [3.8, 4) is 0 Å². The maximum absolute atomic E-state index is 11.9. The van der Waals surface area contributed by atoms with E-state index in [9.17, 15) is 14.7 Å². The van der Waals surface area contributed by atoms with Gasteiger partial charge in [-0.05, 0) is 64.2 Å². The molecule has 0 aliphatic heterocycles.